The maximum Gasteiger partial charge on any atom is 0.220 e. The zero-order valence-corrected chi connectivity index (χ0v) is 26.1. The lowest BCUT2D eigenvalue weighted by Gasteiger charge is -2.21. The summed E-state index contributed by atoms with van der Waals surface area (Å²) in [7, 11) is 3.45. The van der Waals surface area contributed by atoms with Crippen LogP contribution in [-0.2, 0) is 9.59 Å². The molecule has 0 aromatic rings. The molecule has 0 aliphatic carbocycles. The van der Waals surface area contributed by atoms with Gasteiger partial charge in [0, 0.05) is 21.9 Å². The Hall–Kier alpha value is -3.27. The van der Waals surface area contributed by atoms with Crippen molar-refractivity contribution in [3.05, 3.63) is 60.8 Å². The Morgan fingerprint density at radius 1 is 0.925 bits per heavy atom. The van der Waals surface area contributed by atoms with Crippen molar-refractivity contribution in [3.8, 4) is 0 Å². The molecule has 0 aromatic heterocycles. The van der Waals surface area contributed by atoms with E-state index in [1.165, 1.54) is 0 Å². The van der Waals surface area contributed by atoms with Gasteiger partial charge in [0.2, 0.25) is 11.9 Å². The summed E-state index contributed by atoms with van der Waals surface area (Å²) in [6, 6.07) is -0.897. The molecule has 10 heteroatoms. The number of amides is 1. The summed E-state index contributed by atoms with van der Waals surface area (Å²) in [6.07, 6.45) is 28.7. The monoisotopic (exact) mass is 579 g/mol. The summed E-state index contributed by atoms with van der Waals surface area (Å²) >= 11 is 0. The van der Waals surface area contributed by atoms with Gasteiger partial charge >= 0.3 is 0 Å². The number of aliphatic carboxylic acids is 1. The first-order valence-electron chi connectivity index (χ1n) is 13.6. The van der Waals surface area contributed by atoms with E-state index in [1.54, 1.807) is 19.0 Å². The second kappa shape index (κ2) is 28.7. The van der Waals surface area contributed by atoms with E-state index in [9.17, 15) is 14.7 Å². The third-order valence-electron chi connectivity index (χ3n) is 4.95. The Bertz CT molecular complexity index is 868. The van der Waals surface area contributed by atoms with E-state index in [-0.39, 0.29) is 38.7 Å². The molecule has 9 nitrogen and oxygen atoms in total. The number of hydrogen-bond donors (Lipinski definition) is 4. The van der Waals surface area contributed by atoms with Crippen molar-refractivity contribution in [1.82, 2.24) is 10.2 Å². The number of carbonyl (C=O) groups excluding carboxylic acids is 2. The van der Waals surface area contributed by atoms with Gasteiger partial charge in [-0.25, -0.2) is 0 Å². The Labute approximate surface area is 250 Å². The molecule has 0 heterocycles. The Morgan fingerprint density at radius 2 is 1.38 bits per heavy atom. The number of carboxylic acid groups (broad SMARTS) is 1. The fourth-order valence-electron chi connectivity index (χ4n) is 2.92. The van der Waals surface area contributed by atoms with Gasteiger partial charge in [0.25, 0.3) is 0 Å². The van der Waals surface area contributed by atoms with E-state index in [1.807, 2.05) is 13.8 Å². The smallest absolute Gasteiger partial charge is 0.220 e. The summed E-state index contributed by atoms with van der Waals surface area (Å²) in [5.74, 6) is -1.29. The van der Waals surface area contributed by atoms with Gasteiger partial charge in [0.15, 0.2) is 5.96 Å². The zero-order chi connectivity index (χ0) is 29.9. The maximum atomic E-state index is 11.8. The van der Waals surface area contributed by atoms with E-state index in [0.717, 1.165) is 38.5 Å². The molecule has 0 bridgehead atoms. The SMILES string of the molecule is CC/C=C\C/C=C\C/C=C\C/C=C\C/C=C\CCCC(=O)N[C@@H](CC(C)C)C(=O)[O-].CN(C)C(N)=NC(=N)N.S.[HH]. The number of carboxylic acids is 1. The van der Waals surface area contributed by atoms with Crippen LogP contribution in [0.4, 0.5) is 0 Å². The first-order valence-corrected chi connectivity index (χ1v) is 13.6. The summed E-state index contributed by atoms with van der Waals surface area (Å²) in [5.41, 5.74) is 10.2. The van der Waals surface area contributed by atoms with Crippen molar-refractivity contribution in [2.75, 3.05) is 14.1 Å². The molecule has 0 saturated heterocycles. The number of guanidine groups is 2. The minimum atomic E-state index is -1.21. The van der Waals surface area contributed by atoms with Crippen LogP contribution in [0.2, 0.25) is 0 Å². The summed E-state index contributed by atoms with van der Waals surface area (Å²) in [5, 5.41) is 20.3. The largest absolute Gasteiger partial charge is 0.548 e. The molecule has 0 radical (unpaired) electrons. The molecular formula is C30H55N6O3S-. The summed E-state index contributed by atoms with van der Waals surface area (Å²) in [4.78, 5) is 27.9. The van der Waals surface area contributed by atoms with Gasteiger partial charge in [-0.3, -0.25) is 10.2 Å². The number of unbranched alkanes of at least 4 members (excludes halogenated alkanes) is 1. The number of allylic oxidation sites excluding steroid dienone is 10. The van der Waals surface area contributed by atoms with Crippen LogP contribution >= 0.6 is 13.5 Å². The van der Waals surface area contributed by atoms with E-state index in [2.05, 4.69) is 78.0 Å². The molecule has 1 amide bonds. The van der Waals surface area contributed by atoms with Crippen LogP contribution in [0.25, 0.3) is 0 Å². The predicted molar refractivity (Wildman–Crippen MR) is 174 cm³/mol. The van der Waals surface area contributed by atoms with Gasteiger partial charge in [0.1, 0.15) is 0 Å². The predicted octanol–water partition coefficient (Wildman–Crippen LogP) is 4.30. The average Bonchev–Trinajstić information content (AvgIpc) is 2.85. The van der Waals surface area contributed by atoms with Crippen LogP contribution in [0.15, 0.2) is 65.8 Å². The lowest BCUT2D eigenvalue weighted by molar-refractivity contribution is -0.308. The Balaban J connectivity index is -0.000000534. The quantitative estimate of drug-likeness (QED) is 0.0869. The first-order chi connectivity index (χ1) is 18.5. The van der Waals surface area contributed by atoms with E-state index >= 15 is 0 Å². The van der Waals surface area contributed by atoms with Gasteiger partial charge in [0.05, 0.1) is 12.0 Å². The van der Waals surface area contributed by atoms with Gasteiger partial charge in [-0.15, -0.1) is 0 Å². The second-order valence-electron chi connectivity index (χ2n) is 9.42. The summed E-state index contributed by atoms with van der Waals surface area (Å²) in [6.45, 7) is 5.98. The fraction of sp³-hybridized carbons (Fsp3) is 0.533. The molecule has 0 aromatic carbocycles. The molecule has 0 spiro atoms. The topological polar surface area (TPSA) is 161 Å². The molecule has 0 rings (SSSR count). The molecule has 0 aliphatic rings. The molecule has 0 fully saturated rings. The van der Waals surface area contributed by atoms with Crippen LogP contribution in [0.1, 0.15) is 80.0 Å². The average molecular weight is 580 g/mol. The summed E-state index contributed by atoms with van der Waals surface area (Å²) < 4.78 is 0. The van der Waals surface area contributed by atoms with Crippen LogP contribution in [0.5, 0.6) is 0 Å². The fourth-order valence-corrected chi connectivity index (χ4v) is 2.92. The molecule has 0 saturated carbocycles. The Kier molecular flexibility index (Phi) is 29.6. The molecule has 0 aliphatic heterocycles. The van der Waals surface area contributed by atoms with E-state index in [4.69, 9.17) is 16.9 Å². The minimum Gasteiger partial charge on any atom is -0.548 e. The second-order valence-corrected chi connectivity index (χ2v) is 9.42. The van der Waals surface area contributed by atoms with E-state index < -0.39 is 12.0 Å². The van der Waals surface area contributed by atoms with Crippen molar-refractivity contribution < 1.29 is 16.1 Å². The van der Waals surface area contributed by atoms with Crippen molar-refractivity contribution >= 4 is 37.3 Å². The molecular weight excluding hydrogens is 524 g/mol. The van der Waals surface area contributed by atoms with Gasteiger partial charge in [-0.1, -0.05) is 81.5 Å². The number of nitrogens with zero attached hydrogens (tertiary/aromatic N) is 2. The number of nitrogens with one attached hydrogen (secondary N) is 2. The highest BCUT2D eigenvalue weighted by atomic mass is 32.1. The van der Waals surface area contributed by atoms with Crippen LogP contribution < -0.4 is 21.9 Å². The molecule has 0 unspecified atom stereocenters. The lowest BCUT2D eigenvalue weighted by Crippen LogP contribution is -2.48. The van der Waals surface area contributed by atoms with Gasteiger partial charge in [-0.05, 0) is 57.3 Å². The van der Waals surface area contributed by atoms with Crippen LogP contribution in [-0.4, -0.2) is 48.8 Å². The number of carbonyl (C=O) groups is 2. The maximum absolute atomic E-state index is 11.8. The molecule has 40 heavy (non-hydrogen) atoms. The zero-order valence-electron chi connectivity index (χ0n) is 25.1. The van der Waals surface area contributed by atoms with Crippen molar-refractivity contribution in [2.24, 2.45) is 22.4 Å². The lowest BCUT2D eigenvalue weighted by atomic mass is 10.0. The van der Waals surface area contributed by atoms with Gasteiger partial charge < -0.3 is 31.6 Å². The number of aliphatic imine (C=N–C) groups is 1. The minimum absolute atomic E-state index is 0. The standard InChI is InChI=1S/C26H41NO3.C4H11N5.H2S.H2/c1-4-5-6-7-8-9-10-11-12-13-14-15-16-17-18-19-20-21-25(28)27-24(26(29)30)22-23(2)3;1-9(2)4(7)8-3(5)6;;/h5-6,8-9,11-12,14-15,17-18,23-24H,4,7,10,13,16,19-22H2,1-3H3,(H,27,28)(H,29,30);1-2H3,(H5,5,6,7,8);1H2;1H/p-1/b6-5-,9-8-,12-11-,15-14-,18-17-;;;/t24-;;;/m0.../s1. The highest BCUT2D eigenvalue weighted by molar-refractivity contribution is 7.59. The number of hydrogen-bond acceptors (Lipinski definition) is 4. The van der Waals surface area contributed by atoms with Crippen molar-refractivity contribution in [3.63, 3.8) is 0 Å². The van der Waals surface area contributed by atoms with Gasteiger partial charge in [-0.2, -0.15) is 18.5 Å². The number of nitrogens with two attached hydrogens (primary N) is 2. The number of rotatable bonds is 17. The van der Waals surface area contributed by atoms with Crippen molar-refractivity contribution in [1.29, 1.82) is 5.41 Å². The highest BCUT2D eigenvalue weighted by Gasteiger charge is 2.14. The van der Waals surface area contributed by atoms with Crippen LogP contribution in [0, 0.1) is 11.3 Å². The van der Waals surface area contributed by atoms with Crippen LogP contribution in [0.3, 0.4) is 0 Å². The molecule has 6 N–H and O–H groups in total. The normalized spacial score (nSPS) is 12.7. The van der Waals surface area contributed by atoms with E-state index in [0.29, 0.717) is 19.3 Å². The molecule has 230 valence electrons. The first kappa shape index (κ1) is 41.2. The molecule has 1 atom stereocenters. The Morgan fingerprint density at radius 3 is 1.73 bits per heavy atom. The third-order valence-corrected chi connectivity index (χ3v) is 4.95. The third kappa shape index (κ3) is 31.0. The van der Waals surface area contributed by atoms with Crippen molar-refractivity contribution in [2.45, 2.75) is 84.6 Å². The highest BCUT2D eigenvalue weighted by Crippen LogP contribution is 2.05.